The number of hydrogen-bond donors (Lipinski definition) is 2. The van der Waals surface area contributed by atoms with Gasteiger partial charge in [0.25, 0.3) is 5.56 Å². The Bertz CT molecular complexity index is 840. The number of morpholine rings is 1. The average Bonchev–Trinajstić information content (AvgIpc) is 3.00. The standard InChI is InChI=1S/C15H17N5O3S/c1-8-12(24-7-16-8)9-6-10(21)17-13-11(9)14(22)19-15(18-13)20-2-4-23-5-3-20/h7,9H,2-6H2,1H3,(H2,17,18,19,21,22)/t9-/m0/s1. The molecule has 0 radical (unpaired) electrons. The van der Waals surface area contributed by atoms with Crippen molar-refractivity contribution in [2.45, 2.75) is 19.3 Å². The van der Waals surface area contributed by atoms with Gasteiger partial charge in [-0.15, -0.1) is 11.3 Å². The number of rotatable bonds is 2. The first-order chi connectivity index (χ1) is 11.6. The van der Waals surface area contributed by atoms with Crippen LogP contribution in [-0.2, 0) is 9.53 Å². The molecular formula is C15H17N5O3S. The molecule has 1 fully saturated rings. The highest BCUT2D eigenvalue weighted by molar-refractivity contribution is 7.09. The molecular weight excluding hydrogens is 330 g/mol. The number of carbonyl (C=O) groups is 1. The summed E-state index contributed by atoms with van der Waals surface area (Å²) in [6.45, 7) is 4.40. The largest absolute Gasteiger partial charge is 0.378 e. The molecule has 1 atom stereocenters. The lowest BCUT2D eigenvalue weighted by Gasteiger charge is -2.29. The third-order valence-corrected chi connectivity index (χ3v) is 5.39. The molecule has 24 heavy (non-hydrogen) atoms. The summed E-state index contributed by atoms with van der Waals surface area (Å²) >= 11 is 1.46. The molecule has 1 amide bonds. The van der Waals surface area contributed by atoms with Gasteiger partial charge in [-0.05, 0) is 6.92 Å². The summed E-state index contributed by atoms with van der Waals surface area (Å²) < 4.78 is 5.32. The number of anilines is 2. The van der Waals surface area contributed by atoms with Gasteiger partial charge in [-0.1, -0.05) is 0 Å². The van der Waals surface area contributed by atoms with Crippen molar-refractivity contribution in [3.8, 4) is 0 Å². The van der Waals surface area contributed by atoms with Crippen molar-refractivity contribution in [2.24, 2.45) is 0 Å². The number of H-pyrrole nitrogens is 1. The fourth-order valence-electron chi connectivity index (χ4n) is 3.15. The summed E-state index contributed by atoms with van der Waals surface area (Å²) in [4.78, 5) is 39.4. The third-order valence-electron chi connectivity index (χ3n) is 4.35. The van der Waals surface area contributed by atoms with E-state index in [9.17, 15) is 9.59 Å². The normalized spacial score (nSPS) is 20.6. The van der Waals surface area contributed by atoms with Gasteiger partial charge < -0.3 is 15.0 Å². The first-order valence-corrected chi connectivity index (χ1v) is 8.68. The van der Waals surface area contributed by atoms with Gasteiger partial charge in [0.1, 0.15) is 5.82 Å². The molecule has 0 aromatic carbocycles. The molecule has 2 N–H and O–H groups in total. The number of aryl methyl sites for hydroxylation is 1. The first kappa shape index (κ1) is 15.3. The van der Waals surface area contributed by atoms with E-state index < -0.39 is 0 Å². The minimum atomic E-state index is -0.295. The summed E-state index contributed by atoms with van der Waals surface area (Å²) in [5.74, 6) is 0.404. The van der Waals surface area contributed by atoms with Crippen molar-refractivity contribution < 1.29 is 9.53 Å². The summed E-state index contributed by atoms with van der Waals surface area (Å²) in [7, 11) is 0. The van der Waals surface area contributed by atoms with E-state index in [0.717, 1.165) is 10.6 Å². The Balaban J connectivity index is 1.79. The maximum absolute atomic E-state index is 12.7. The Morgan fingerprint density at radius 3 is 2.83 bits per heavy atom. The lowest BCUT2D eigenvalue weighted by atomic mass is 9.91. The van der Waals surface area contributed by atoms with Crippen molar-refractivity contribution in [2.75, 3.05) is 36.5 Å². The van der Waals surface area contributed by atoms with Crippen LogP contribution in [0.25, 0.3) is 0 Å². The van der Waals surface area contributed by atoms with Gasteiger partial charge in [-0.3, -0.25) is 14.6 Å². The molecule has 0 bridgehead atoms. The predicted octanol–water partition coefficient (Wildman–Crippen LogP) is 0.846. The predicted molar refractivity (Wildman–Crippen MR) is 89.8 cm³/mol. The van der Waals surface area contributed by atoms with Crippen LogP contribution < -0.4 is 15.8 Å². The highest BCUT2D eigenvalue weighted by Crippen LogP contribution is 2.37. The molecule has 2 aliphatic heterocycles. The molecule has 0 spiro atoms. The van der Waals surface area contributed by atoms with Crippen LogP contribution in [0.5, 0.6) is 0 Å². The van der Waals surface area contributed by atoms with Crippen LogP contribution >= 0.6 is 11.3 Å². The lowest BCUT2D eigenvalue weighted by molar-refractivity contribution is -0.116. The number of nitrogens with zero attached hydrogens (tertiary/aromatic N) is 3. The minimum Gasteiger partial charge on any atom is -0.378 e. The van der Waals surface area contributed by atoms with E-state index in [1.54, 1.807) is 5.51 Å². The van der Waals surface area contributed by atoms with Crippen molar-refractivity contribution >= 4 is 29.0 Å². The first-order valence-electron chi connectivity index (χ1n) is 7.80. The second kappa shape index (κ2) is 5.99. The SMILES string of the molecule is Cc1ncsc1[C@H]1CC(=O)Nc2nc(N3CCOCC3)[nH]c(=O)c21. The van der Waals surface area contributed by atoms with Gasteiger partial charge in [-0.25, -0.2) is 4.98 Å². The summed E-state index contributed by atoms with van der Waals surface area (Å²) in [6.07, 6.45) is 0.234. The molecule has 126 valence electrons. The maximum Gasteiger partial charge on any atom is 0.258 e. The van der Waals surface area contributed by atoms with Gasteiger partial charge in [-0.2, -0.15) is 4.98 Å². The third kappa shape index (κ3) is 2.59. The van der Waals surface area contributed by atoms with Gasteiger partial charge >= 0.3 is 0 Å². The lowest BCUT2D eigenvalue weighted by Crippen LogP contribution is -2.40. The van der Waals surface area contributed by atoms with E-state index in [2.05, 4.69) is 20.3 Å². The van der Waals surface area contributed by atoms with Crippen LogP contribution in [0.2, 0.25) is 0 Å². The van der Waals surface area contributed by atoms with Crippen molar-refractivity contribution in [3.63, 3.8) is 0 Å². The molecule has 2 aromatic rings. The Hall–Kier alpha value is -2.26. The zero-order chi connectivity index (χ0) is 16.7. The van der Waals surface area contributed by atoms with Gasteiger partial charge in [0.15, 0.2) is 0 Å². The molecule has 0 saturated carbocycles. The zero-order valence-electron chi connectivity index (χ0n) is 13.2. The number of ether oxygens (including phenoxy) is 1. The minimum absolute atomic E-state index is 0.133. The van der Waals surface area contributed by atoms with Gasteiger partial charge in [0.2, 0.25) is 11.9 Å². The van der Waals surface area contributed by atoms with Crippen molar-refractivity contribution in [1.29, 1.82) is 0 Å². The van der Waals surface area contributed by atoms with E-state index in [0.29, 0.717) is 43.6 Å². The van der Waals surface area contributed by atoms with E-state index in [1.807, 2.05) is 11.8 Å². The highest BCUT2D eigenvalue weighted by Gasteiger charge is 2.33. The fourth-order valence-corrected chi connectivity index (χ4v) is 4.07. The summed E-state index contributed by atoms with van der Waals surface area (Å²) in [6, 6.07) is 0. The van der Waals surface area contributed by atoms with Gasteiger partial charge in [0.05, 0.1) is 30.0 Å². The molecule has 2 aliphatic rings. The second-order valence-electron chi connectivity index (χ2n) is 5.86. The molecule has 1 saturated heterocycles. The summed E-state index contributed by atoms with van der Waals surface area (Å²) in [5, 5.41) is 2.75. The number of hydrogen-bond acceptors (Lipinski definition) is 7. The highest BCUT2D eigenvalue weighted by atomic mass is 32.1. The molecule has 9 heteroatoms. The van der Waals surface area contributed by atoms with E-state index >= 15 is 0 Å². The van der Waals surface area contributed by atoms with Crippen molar-refractivity contribution in [1.82, 2.24) is 15.0 Å². The Morgan fingerprint density at radius 1 is 1.33 bits per heavy atom. The number of thiazole rings is 1. The van der Waals surface area contributed by atoms with Crippen LogP contribution in [0.4, 0.5) is 11.8 Å². The molecule has 0 unspecified atom stereocenters. The van der Waals surface area contributed by atoms with Crippen LogP contribution in [0.3, 0.4) is 0 Å². The number of amides is 1. The van der Waals surface area contributed by atoms with Crippen LogP contribution in [0.15, 0.2) is 10.3 Å². The molecule has 8 nitrogen and oxygen atoms in total. The maximum atomic E-state index is 12.7. The van der Waals surface area contributed by atoms with Crippen molar-refractivity contribution in [3.05, 3.63) is 32.0 Å². The summed E-state index contributed by atoms with van der Waals surface area (Å²) in [5.41, 5.74) is 2.89. The Labute approximate surface area is 141 Å². The number of carbonyl (C=O) groups excluding carboxylic acids is 1. The Kier molecular flexibility index (Phi) is 3.81. The molecule has 2 aromatic heterocycles. The fraction of sp³-hybridized carbons (Fsp3) is 0.467. The quantitative estimate of drug-likeness (QED) is 0.835. The number of nitrogens with one attached hydrogen (secondary N) is 2. The van der Waals surface area contributed by atoms with Gasteiger partial charge in [0, 0.05) is 30.3 Å². The Morgan fingerprint density at radius 2 is 2.12 bits per heavy atom. The number of aromatic nitrogens is 3. The second-order valence-corrected chi connectivity index (χ2v) is 6.74. The molecule has 4 rings (SSSR count). The number of aromatic amines is 1. The van der Waals surface area contributed by atoms with E-state index in [1.165, 1.54) is 11.3 Å². The smallest absolute Gasteiger partial charge is 0.258 e. The average molecular weight is 347 g/mol. The number of fused-ring (bicyclic) bond motifs is 1. The topological polar surface area (TPSA) is 100 Å². The zero-order valence-corrected chi connectivity index (χ0v) is 14.0. The van der Waals surface area contributed by atoms with E-state index in [-0.39, 0.29) is 23.8 Å². The van der Waals surface area contributed by atoms with Crippen LogP contribution in [0, 0.1) is 6.92 Å². The monoisotopic (exact) mass is 347 g/mol. The van der Waals surface area contributed by atoms with Crippen LogP contribution in [-0.4, -0.2) is 47.2 Å². The van der Waals surface area contributed by atoms with E-state index in [4.69, 9.17) is 4.74 Å². The molecule has 0 aliphatic carbocycles. The molecule has 4 heterocycles. The van der Waals surface area contributed by atoms with Crippen LogP contribution in [0.1, 0.15) is 28.5 Å².